The van der Waals surface area contributed by atoms with E-state index in [1.165, 1.54) is 35.0 Å². The molecule has 2 aromatic heterocycles. The Hall–Kier alpha value is -5.05. The van der Waals surface area contributed by atoms with Crippen molar-refractivity contribution in [1.29, 1.82) is 0 Å². The number of halogens is 1. The number of anilines is 1. The zero-order chi connectivity index (χ0) is 46.1. The number of hydrogen-bond acceptors (Lipinski definition) is 11. The molecule has 2 saturated heterocycles. The smallest absolute Gasteiger partial charge is 0.273 e. The Labute approximate surface area is 386 Å². The van der Waals surface area contributed by atoms with Gasteiger partial charge in [0.25, 0.3) is 21.6 Å². The third-order valence-corrected chi connectivity index (χ3v) is 17.2. The molecule has 65 heavy (non-hydrogen) atoms. The second kappa shape index (κ2) is 19.0. The van der Waals surface area contributed by atoms with Gasteiger partial charge in [-0.2, -0.15) is 0 Å². The molecule has 1 aliphatic carbocycles. The van der Waals surface area contributed by atoms with Gasteiger partial charge in [-0.25, -0.2) is 18.1 Å². The van der Waals surface area contributed by atoms with Crippen LogP contribution in [0.15, 0.2) is 95.7 Å². The Balaban J connectivity index is 0.986. The standard InChI is InChI=1S/C48H57ClN7O7PS/c1-33(54-23-25-64(4,60)26-24-54)5-6-35-9-13-41(29-44(35)56(58)59)65(61,62)52-47(57)42-14-12-39(28-45(42)63-40-27-36-16-18-50-46(36)51-31-40)55-21-19-53(20-22-55)32-37-15-17-48(2,3)30-43(37)34-7-10-38(49)11-8-34/h7-14,16,18,27-29,31,33H,5-6,15,17,19-26,30,32H2,1-4H3,(H,50,51)(H,52,57). The molecule has 2 fully saturated rings. The first kappa shape index (κ1) is 46.5. The van der Waals surface area contributed by atoms with Crippen molar-refractivity contribution in [2.75, 3.05) is 69.7 Å². The average molecular weight is 943 g/mol. The van der Waals surface area contributed by atoms with E-state index in [-0.39, 0.29) is 28.5 Å². The van der Waals surface area contributed by atoms with Gasteiger partial charge in [0.1, 0.15) is 17.1 Å². The zero-order valence-corrected chi connectivity index (χ0v) is 39.9. The van der Waals surface area contributed by atoms with E-state index in [1.54, 1.807) is 30.5 Å². The van der Waals surface area contributed by atoms with Crippen LogP contribution in [0.3, 0.4) is 0 Å². The largest absolute Gasteiger partial charge is 0.455 e. The van der Waals surface area contributed by atoms with Gasteiger partial charge in [-0.15, -0.1) is 0 Å². The number of hydrogen-bond donors (Lipinski definition) is 2. The zero-order valence-electron chi connectivity index (χ0n) is 37.4. The summed E-state index contributed by atoms with van der Waals surface area (Å²) in [5, 5.41) is 13.8. The topological polar surface area (TPSA) is 171 Å². The van der Waals surface area contributed by atoms with E-state index < -0.39 is 32.9 Å². The number of pyridine rings is 1. The summed E-state index contributed by atoms with van der Waals surface area (Å²) < 4.78 is 48.5. The highest BCUT2D eigenvalue weighted by atomic mass is 35.5. The van der Waals surface area contributed by atoms with Crippen molar-refractivity contribution in [1.82, 2.24) is 24.5 Å². The van der Waals surface area contributed by atoms with Crippen LogP contribution in [0.4, 0.5) is 11.4 Å². The van der Waals surface area contributed by atoms with Gasteiger partial charge in [0.15, 0.2) is 0 Å². The number of aryl methyl sites for hydroxylation is 1. The fourth-order valence-electron chi connectivity index (χ4n) is 9.20. The number of rotatable bonds is 14. The minimum Gasteiger partial charge on any atom is -0.455 e. The number of carbonyl (C=O) groups is 1. The lowest BCUT2D eigenvalue weighted by Crippen LogP contribution is -2.47. The number of benzene rings is 3. The summed E-state index contributed by atoms with van der Waals surface area (Å²) in [6.45, 7) is 13.9. The number of allylic oxidation sites excluding steroid dienone is 1. The minimum atomic E-state index is -4.57. The molecule has 3 aromatic carbocycles. The van der Waals surface area contributed by atoms with E-state index in [2.05, 4.69) is 55.4 Å². The van der Waals surface area contributed by atoms with Crippen LogP contribution in [-0.4, -0.2) is 110 Å². The number of nitro groups is 1. The Morgan fingerprint density at radius 3 is 2.48 bits per heavy atom. The molecule has 0 saturated carbocycles. The molecule has 3 aliphatic rings. The third-order valence-electron chi connectivity index (χ3n) is 13.3. The van der Waals surface area contributed by atoms with E-state index in [1.807, 2.05) is 31.8 Å². The SMILES string of the molecule is CC(CCc1ccc(S(=O)(=O)NC(=O)c2ccc(N3CCN(CC4=C(c5ccc(Cl)cc5)CC(C)(C)CC4)CC3)cc2Oc2cnc3[nH]ccc3c2)cc1[N+](=O)[O-])N1CCP(C)(=O)CC1. The van der Waals surface area contributed by atoms with E-state index >= 15 is 0 Å². The van der Waals surface area contributed by atoms with Gasteiger partial charge in [0, 0.05) is 104 Å². The third kappa shape index (κ3) is 11.1. The molecule has 2 aliphatic heterocycles. The number of amides is 1. The van der Waals surface area contributed by atoms with Crippen molar-refractivity contribution in [2.24, 2.45) is 5.41 Å². The van der Waals surface area contributed by atoms with Crippen LogP contribution in [0.5, 0.6) is 11.5 Å². The van der Waals surface area contributed by atoms with Crippen LogP contribution in [-0.2, 0) is 21.0 Å². The predicted octanol–water partition coefficient (Wildman–Crippen LogP) is 9.45. The van der Waals surface area contributed by atoms with Crippen LogP contribution in [0.25, 0.3) is 16.6 Å². The number of fused-ring (bicyclic) bond motifs is 1. The summed E-state index contributed by atoms with van der Waals surface area (Å²) in [4.78, 5) is 39.7. The lowest BCUT2D eigenvalue weighted by molar-refractivity contribution is -0.385. The molecular formula is C48H57ClN7O7PS. The molecule has 1 amide bonds. The first-order chi connectivity index (χ1) is 30.9. The first-order valence-corrected chi connectivity index (χ1v) is 26.6. The number of sulfonamides is 1. The van der Waals surface area contributed by atoms with E-state index in [4.69, 9.17) is 16.3 Å². The number of H-pyrrole nitrogens is 1. The molecule has 344 valence electrons. The van der Waals surface area contributed by atoms with Crippen molar-refractivity contribution in [3.63, 3.8) is 0 Å². The molecule has 1 atom stereocenters. The molecule has 2 N–H and O–H groups in total. The number of aromatic nitrogens is 2. The van der Waals surface area contributed by atoms with E-state index in [9.17, 15) is 27.9 Å². The van der Waals surface area contributed by atoms with Crippen LogP contribution >= 0.6 is 18.7 Å². The average Bonchev–Trinajstić information content (AvgIpc) is 3.74. The quantitative estimate of drug-likeness (QED) is 0.0618. The van der Waals surface area contributed by atoms with Crippen LogP contribution in [0.1, 0.15) is 67.9 Å². The fourth-order valence-corrected chi connectivity index (χ4v) is 11.9. The lowest BCUT2D eigenvalue weighted by atomic mass is 9.72. The molecule has 5 aromatic rings. The monoisotopic (exact) mass is 941 g/mol. The molecule has 8 rings (SSSR count). The maximum Gasteiger partial charge on any atom is 0.273 e. The molecule has 0 bridgehead atoms. The number of nitrogens with one attached hydrogen (secondary N) is 2. The normalized spacial score (nSPS) is 18.7. The van der Waals surface area contributed by atoms with Crippen LogP contribution in [0, 0.1) is 15.5 Å². The molecule has 1 unspecified atom stereocenters. The molecular weight excluding hydrogens is 885 g/mol. The summed E-state index contributed by atoms with van der Waals surface area (Å²) in [5.41, 5.74) is 5.80. The maximum atomic E-state index is 14.0. The Kier molecular flexibility index (Phi) is 13.6. The molecule has 4 heterocycles. The second-order valence-corrected chi connectivity index (χ2v) is 24.3. The summed E-state index contributed by atoms with van der Waals surface area (Å²) in [6, 6.07) is 20.7. The first-order valence-electron chi connectivity index (χ1n) is 22.3. The van der Waals surface area contributed by atoms with Crippen LogP contribution < -0.4 is 14.4 Å². The lowest BCUT2D eigenvalue weighted by Gasteiger charge is -2.39. The number of nitro benzene ring substituents is 1. The molecule has 0 spiro atoms. The van der Waals surface area contributed by atoms with Gasteiger partial charge in [0.05, 0.1) is 28.7 Å². The van der Waals surface area contributed by atoms with E-state index in [0.29, 0.717) is 55.2 Å². The van der Waals surface area contributed by atoms with Gasteiger partial charge in [-0.05, 0) is 105 Å². The Morgan fingerprint density at radius 2 is 1.75 bits per heavy atom. The van der Waals surface area contributed by atoms with Crippen molar-refractivity contribution < 1.29 is 27.4 Å². The summed E-state index contributed by atoms with van der Waals surface area (Å²) in [6.07, 6.45) is 8.72. The van der Waals surface area contributed by atoms with Gasteiger partial charge in [-0.1, -0.05) is 49.2 Å². The minimum absolute atomic E-state index is 0.0377. The predicted molar refractivity (Wildman–Crippen MR) is 258 cm³/mol. The van der Waals surface area contributed by atoms with Gasteiger partial charge < -0.3 is 19.2 Å². The highest BCUT2D eigenvalue weighted by Gasteiger charge is 2.31. The Bertz CT molecular complexity index is 2780. The summed E-state index contributed by atoms with van der Waals surface area (Å²) >= 11 is 6.25. The van der Waals surface area contributed by atoms with Gasteiger partial charge in [0.2, 0.25) is 0 Å². The van der Waals surface area contributed by atoms with Gasteiger partial charge >= 0.3 is 0 Å². The highest BCUT2D eigenvalue weighted by molar-refractivity contribution is 7.90. The van der Waals surface area contributed by atoms with Crippen molar-refractivity contribution >= 4 is 62.7 Å². The number of nitrogens with zero attached hydrogens (tertiary/aromatic N) is 5. The van der Waals surface area contributed by atoms with E-state index in [0.717, 1.165) is 74.1 Å². The number of ether oxygens (including phenoxy) is 1. The summed E-state index contributed by atoms with van der Waals surface area (Å²) in [5.74, 6) is -0.475. The maximum absolute atomic E-state index is 14.0. The number of piperazine rings is 1. The Morgan fingerprint density at radius 1 is 1.02 bits per heavy atom. The second-order valence-electron chi connectivity index (χ2n) is 18.7. The van der Waals surface area contributed by atoms with Crippen molar-refractivity contribution in [3.8, 4) is 11.5 Å². The van der Waals surface area contributed by atoms with Crippen molar-refractivity contribution in [2.45, 2.75) is 63.8 Å². The van der Waals surface area contributed by atoms with Crippen LogP contribution in [0.2, 0.25) is 5.02 Å². The molecule has 17 heteroatoms. The number of aromatic amines is 1. The molecule has 14 nitrogen and oxygen atoms in total. The van der Waals surface area contributed by atoms with Gasteiger partial charge in [-0.3, -0.25) is 24.7 Å². The summed E-state index contributed by atoms with van der Waals surface area (Å²) in [7, 11) is -6.67. The van der Waals surface area contributed by atoms with Crippen molar-refractivity contribution in [3.05, 3.63) is 123 Å². The molecule has 0 radical (unpaired) electrons. The number of carbonyl (C=O) groups excluding carboxylic acids is 1. The highest BCUT2D eigenvalue weighted by Crippen LogP contribution is 2.45. The fraction of sp³-hybridized carbons (Fsp3) is 0.417.